The van der Waals surface area contributed by atoms with E-state index in [4.69, 9.17) is 27.6 Å². The smallest absolute Gasteiger partial charge is 0.280 e. The molecule has 29 heavy (non-hydrogen) atoms. The highest BCUT2D eigenvalue weighted by Crippen LogP contribution is 2.33. The summed E-state index contributed by atoms with van der Waals surface area (Å²) in [5.41, 5.74) is 0.0487. The van der Waals surface area contributed by atoms with Crippen molar-refractivity contribution in [1.82, 2.24) is 0 Å². The minimum Gasteiger partial charge on any atom is -0.456 e. The molecular weight excluding hydrogens is 439 g/mol. The molecule has 0 saturated carbocycles. The molecule has 0 bridgehead atoms. The van der Waals surface area contributed by atoms with E-state index in [1.807, 2.05) is 0 Å². The zero-order valence-electron chi connectivity index (χ0n) is 14.4. The van der Waals surface area contributed by atoms with Crippen molar-refractivity contribution in [1.29, 1.82) is 5.26 Å². The van der Waals surface area contributed by atoms with Crippen molar-refractivity contribution in [2.75, 3.05) is 0 Å². The molecule has 1 heterocycles. The number of para-hydroxylation sites is 1. The lowest BCUT2D eigenvalue weighted by atomic mass is 10.1. The summed E-state index contributed by atoms with van der Waals surface area (Å²) < 4.78 is 31.1. The summed E-state index contributed by atoms with van der Waals surface area (Å²) in [4.78, 5) is 9.69. The van der Waals surface area contributed by atoms with E-state index in [0.717, 1.165) is 12.1 Å². The number of nitriles is 1. The Morgan fingerprint density at radius 2 is 1.86 bits per heavy atom. The average Bonchev–Trinajstić information content (AvgIpc) is 3.16. The van der Waals surface area contributed by atoms with Gasteiger partial charge in [0.2, 0.25) is 9.84 Å². The van der Waals surface area contributed by atoms with Gasteiger partial charge in [-0.3, -0.25) is 10.1 Å². The maximum absolute atomic E-state index is 12.8. The molecule has 10 heteroatoms. The number of furan rings is 1. The van der Waals surface area contributed by atoms with Gasteiger partial charge in [0.15, 0.2) is 4.91 Å². The molecule has 0 atom stereocenters. The van der Waals surface area contributed by atoms with Crippen LogP contribution < -0.4 is 0 Å². The highest BCUT2D eigenvalue weighted by Gasteiger charge is 2.25. The van der Waals surface area contributed by atoms with E-state index >= 15 is 0 Å². The van der Waals surface area contributed by atoms with Crippen molar-refractivity contribution in [2.45, 2.75) is 4.90 Å². The Morgan fingerprint density at radius 1 is 1.14 bits per heavy atom. The summed E-state index contributed by atoms with van der Waals surface area (Å²) in [6.07, 6.45) is 1.02. The maximum atomic E-state index is 12.8. The first kappa shape index (κ1) is 20.6. The SMILES string of the molecule is N#C/C(=C\c1ccc(-c2ccccc2[N+](=O)[O-])o1)S(=O)(=O)c1cc(Cl)ccc1Cl. The van der Waals surface area contributed by atoms with Crippen molar-refractivity contribution in [3.8, 4) is 17.4 Å². The van der Waals surface area contributed by atoms with E-state index in [-0.39, 0.29) is 37.7 Å². The Kier molecular flexibility index (Phi) is 5.75. The monoisotopic (exact) mass is 448 g/mol. The molecule has 0 aliphatic carbocycles. The third-order valence-corrected chi connectivity index (χ3v) is 6.23. The molecule has 0 fully saturated rings. The second-order valence-corrected chi connectivity index (χ2v) is 8.41. The minimum absolute atomic E-state index is 0.0245. The number of nitrogens with zero attached hydrogens (tertiary/aromatic N) is 2. The molecule has 3 rings (SSSR count). The molecular formula is C19H10Cl2N2O5S. The van der Waals surface area contributed by atoms with Crippen molar-refractivity contribution in [2.24, 2.45) is 0 Å². The van der Waals surface area contributed by atoms with E-state index in [0.29, 0.717) is 0 Å². The normalized spacial score (nSPS) is 11.8. The quantitative estimate of drug-likeness (QED) is 0.289. The highest BCUT2D eigenvalue weighted by atomic mass is 35.5. The Labute approximate surface area is 175 Å². The van der Waals surface area contributed by atoms with Gasteiger partial charge in [0.1, 0.15) is 17.6 Å². The van der Waals surface area contributed by atoms with Crippen molar-refractivity contribution >= 4 is 44.8 Å². The van der Waals surface area contributed by atoms with Crippen LogP contribution in [0.5, 0.6) is 0 Å². The molecule has 0 amide bonds. The molecule has 0 spiro atoms. The summed E-state index contributed by atoms with van der Waals surface area (Å²) in [6.45, 7) is 0. The summed E-state index contributed by atoms with van der Waals surface area (Å²) in [5, 5.41) is 20.6. The number of rotatable bonds is 5. The van der Waals surface area contributed by atoms with Crippen LogP contribution in [0.2, 0.25) is 10.0 Å². The van der Waals surface area contributed by atoms with Crippen LogP contribution in [0.15, 0.2) is 68.8 Å². The molecule has 3 aromatic rings. The molecule has 0 aliphatic rings. The number of allylic oxidation sites excluding steroid dienone is 1. The van der Waals surface area contributed by atoms with Crippen molar-refractivity contribution < 1.29 is 17.8 Å². The number of halogens is 2. The van der Waals surface area contributed by atoms with Crippen LogP contribution in [0.1, 0.15) is 5.76 Å². The topological polar surface area (TPSA) is 114 Å². The summed E-state index contributed by atoms with van der Waals surface area (Å²) in [6, 6.07) is 14.3. The molecule has 0 saturated heterocycles. The van der Waals surface area contributed by atoms with Gasteiger partial charge in [0, 0.05) is 17.2 Å². The van der Waals surface area contributed by atoms with Crippen LogP contribution in [0.25, 0.3) is 17.4 Å². The van der Waals surface area contributed by atoms with Gasteiger partial charge in [-0.05, 0) is 36.4 Å². The highest BCUT2D eigenvalue weighted by molar-refractivity contribution is 7.95. The minimum atomic E-state index is -4.26. The first-order valence-corrected chi connectivity index (χ1v) is 10.1. The largest absolute Gasteiger partial charge is 0.456 e. The van der Waals surface area contributed by atoms with Gasteiger partial charge < -0.3 is 4.42 Å². The first-order valence-electron chi connectivity index (χ1n) is 7.89. The zero-order chi connectivity index (χ0) is 21.2. The Hall–Kier alpha value is -3.12. The molecule has 7 nitrogen and oxygen atoms in total. The summed E-state index contributed by atoms with van der Waals surface area (Å²) in [7, 11) is -4.26. The van der Waals surface area contributed by atoms with E-state index in [1.54, 1.807) is 12.1 Å². The number of nitro groups is 1. The third-order valence-electron chi connectivity index (χ3n) is 3.85. The number of nitro benzene ring substituents is 1. The van der Waals surface area contributed by atoms with Crippen LogP contribution in [-0.2, 0) is 9.84 Å². The fourth-order valence-electron chi connectivity index (χ4n) is 2.52. The fraction of sp³-hybridized carbons (Fsp3) is 0. The van der Waals surface area contributed by atoms with E-state index in [9.17, 15) is 23.8 Å². The Balaban J connectivity index is 2.05. The third kappa shape index (κ3) is 4.17. The summed E-state index contributed by atoms with van der Waals surface area (Å²) in [5.74, 6) is 0.176. The van der Waals surface area contributed by atoms with Gasteiger partial charge in [-0.15, -0.1) is 0 Å². The van der Waals surface area contributed by atoms with Gasteiger partial charge >= 0.3 is 0 Å². The second-order valence-electron chi connectivity index (χ2n) is 5.67. The van der Waals surface area contributed by atoms with Gasteiger partial charge in [-0.1, -0.05) is 35.3 Å². The molecule has 0 unspecified atom stereocenters. The van der Waals surface area contributed by atoms with Crippen LogP contribution in [0.3, 0.4) is 0 Å². The fourth-order valence-corrected chi connectivity index (χ4v) is 4.41. The number of hydrogen-bond acceptors (Lipinski definition) is 6. The van der Waals surface area contributed by atoms with Crippen LogP contribution in [-0.4, -0.2) is 13.3 Å². The average molecular weight is 449 g/mol. The number of hydrogen-bond donors (Lipinski definition) is 0. The van der Waals surface area contributed by atoms with Gasteiger partial charge in [0.25, 0.3) is 5.69 Å². The van der Waals surface area contributed by atoms with E-state index in [1.165, 1.54) is 42.5 Å². The first-order chi connectivity index (χ1) is 13.7. The standard InChI is InChI=1S/C19H10Cl2N2O5S/c20-12-5-7-16(21)19(9-12)29(26,27)14(11-22)10-13-6-8-18(28-13)15-3-1-2-4-17(15)23(24)25/h1-10H/b14-10+. The van der Waals surface area contributed by atoms with Crippen molar-refractivity contribution in [3.05, 3.63) is 85.4 Å². The van der Waals surface area contributed by atoms with E-state index < -0.39 is 19.7 Å². The lowest BCUT2D eigenvalue weighted by Crippen LogP contribution is -2.04. The van der Waals surface area contributed by atoms with Crippen molar-refractivity contribution in [3.63, 3.8) is 0 Å². The lowest BCUT2D eigenvalue weighted by Gasteiger charge is -2.05. The predicted molar refractivity (Wildman–Crippen MR) is 108 cm³/mol. The zero-order valence-corrected chi connectivity index (χ0v) is 16.7. The number of sulfone groups is 1. The van der Waals surface area contributed by atoms with Gasteiger partial charge in [0.05, 0.1) is 20.4 Å². The molecule has 1 aromatic heterocycles. The predicted octanol–water partition coefficient (Wildman–Crippen LogP) is 5.50. The van der Waals surface area contributed by atoms with E-state index in [2.05, 4.69) is 0 Å². The van der Waals surface area contributed by atoms with Crippen LogP contribution >= 0.6 is 23.2 Å². The van der Waals surface area contributed by atoms with Gasteiger partial charge in [-0.25, -0.2) is 8.42 Å². The number of benzene rings is 2. The van der Waals surface area contributed by atoms with Gasteiger partial charge in [-0.2, -0.15) is 5.26 Å². The molecule has 0 radical (unpaired) electrons. The van der Waals surface area contributed by atoms with Crippen LogP contribution in [0, 0.1) is 21.4 Å². The molecule has 146 valence electrons. The molecule has 0 aliphatic heterocycles. The lowest BCUT2D eigenvalue weighted by molar-refractivity contribution is -0.384. The van der Waals surface area contributed by atoms with Crippen LogP contribution in [0.4, 0.5) is 5.69 Å². The Bertz CT molecular complexity index is 1290. The molecule has 2 aromatic carbocycles. The summed E-state index contributed by atoms with van der Waals surface area (Å²) >= 11 is 11.8. The molecule has 0 N–H and O–H groups in total. The Morgan fingerprint density at radius 3 is 2.55 bits per heavy atom. The second kappa shape index (κ2) is 8.09. The maximum Gasteiger partial charge on any atom is 0.280 e.